The Bertz CT molecular complexity index is 613. The summed E-state index contributed by atoms with van der Waals surface area (Å²) in [6, 6.07) is 8.22. The molecule has 1 unspecified atom stereocenters. The van der Waals surface area contributed by atoms with Gasteiger partial charge in [-0.25, -0.2) is 0 Å². The lowest BCUT2D eigenvalue weighted by atomic mass is 10.0. The summed E-state index contributed by atoms with van der Waals surface area (Å²) in [7, 11) is 1.79. The molecule has 0 radical (unpaired) electrons. The minimum atomic E-state index is 0.119. The molecule has 0 aliphatic carbocycles. The van der Waals surface area contributed by atoms with Crippen molar-refractivity contribution in [2.45, 2.75) is 32.6 Å². The van der Waals surface area contributed by atoms with E-state index < -0.39 is 0 Å². The molecule has 0 aromatic heterocycles. The number of aryl methyl sites for hydroxylation is 1. The third-order valence-corrected chi connectivity index (χ3v) is 4.98. The van der Waals surface area contributed by atoms with E-state index >= 15 is 0 Å². The number of likely N-dealkylation sites (tertiary alicyclic amines) is 1. The van der Waals surface area contributed by atoms with Crippen molar-refractivity contribution in [3.63, 3.8) is 0 Å². The fourth-order valence-corrected chi connectivity index (χ4v) is 3.76. The minimum absolute atomic E-state index is 0.119. The molecule has 0 saturated carbocycles. The van der Waals surface area contributed by atoms with Crippen LogP contribution in [0.5, 0.6) is 0 Å². The summed E-state index contributed by atoms with van der Waals surface area (Å²) < 4.78 is 0. The molecule has 1 atom stereocenters. The van der Waals surface area contributed by atoms with E-state index in [1.54, 1.807) is 7.05 Å². The Balaban J connectivity index is 1.61. The number of fused-ring (bicyclic) bond motifs is 1. The van der Waals surface area contributed by atoms with Gasteiger partial charge in [0.15, 0.2) is 5.96 Å². The van der Waals surface area contributed by atoms with Crippen LogP contribution in [-0.4, -0.2) is 50.0 Å². The number of para-hydroxylation sites is 1. The maximum absolute atomic E-state index is 12.7. The summed E-state index contributed by atoms with van der Waals surface area (Å²) in [4.78, 5) is 21.3. The molecule has 3 rings (SSSR count). The van der Waals surface area contributed by atoms with Gasteiger partial charge in [0.05, 0.1) is 6.54 Å². The number of hydrogen-bond acceptors (Lipinski definition) is 2. The van der Waals surface area contributed by atoms with Crippen molar-refractivity contribution in [2.75, 3.05) is 38.1 Å². The molecule has 0 bridgehead atoms. The van der Waals surface area contributed by atoms with E-state index in [4.69, 9.17) is 0 Å². The van der Waals surface area contributed by atoms with Gasteiger partial charge in [-0.3, -0.25) is 9.79 Å². The Kier molecular flexibility index (Phi) is 5.38. The quantitative estimate of drug-likeness (QED) is 0.669. The summed E-state index contributed by atoms with van der Waals surface area (Å²) in [5.74, 6) is 1.65. The zero-order chi connectivity index (χ0) is 16.9. The molecule has 5 heteroatoms. The maximum Gasteiger partial charge on any atom is 0.246 e. The number of anilines is 1. The number of carbonyl (C=O) groups excluding carboxylic acids is 1. The van der Waals surface area contributed by atoms with E-state index in [2.05, 4.69) is 28.2 Å². The zero-order valence-electron chi connectivity index (χ0n) is 14.8. The van der Waals surface area contributed by atoms with Gasteiger partial charge in [0.2, 0.25) is 5.91 Å². The summed E-state index contributed by atoms with van der Waals surface area (Å²) in [5, 5.41) is 3.27. The minimum Gasteiger partial charge on any atom is -0.347 e. The fourth-order valence-electron chi connectivity index (χ4n) is 3.76. The van der Waals surface area contributed by atoms with Crippen molar-refractivity contribution in [2.24, 2.45) is 10.9 Å². The van der Waals surface area contributed by atoms with Crippen molar-refractivity contribution in [3.8, 4) is 0 Å². The number of aliphatic imine (C=N–C) groups is 1. The average molecular weight is 328 g/mol. The SMILES string of the molecule is CN=C(NCC(=O)N1CCCc2ccccc21)N1CCCC(C)C1. The Morgan fingerprint density at radius 2 is 2.12 bits per heavy atom. The molecule has 2 aliphatic rings. The van der Waals surface area contributed by atoms with E-state index in [0.717, 1.165) is 44.1 Å². The lowest BCUT2D eigenvalue weighted by Gasteiger charge is -2.34. The van der Waals surface area contributed by atoms with Crippen molar-refractivity contribution in [3.05, 3.63) is 29.8 Å². The predicted octanol–water partition coefficient (Wildman–Crippen LogP) is 2.27. The Hall–Kier alpha value is -2.04. The van der Waals surface area contributed by atoms with E-state index in [-0.39, 0.29) is 5.91 Å². The Labute approximate surface area is 144 Å². The molecule has 1 aromatic rings. The highest BCUT2D eigenvalue weighted by molar-refractivity contribution is 5.98. The standard InChI is InChI=1S/C19H28N4O/c1-15-7-5-11-22(14-15)19(20-2)21-13-18(24)23-12-6-9-16-8-3-4-10-17(16)23/h3-4,8,10,15H,5-7,9,11-14H2,1-2H3,(H,20,21). The van der Waals surface area contributed by atoms with E-state index in [1.165, 1.54) is 18.4 Å². The third kappa shape index (κ3) is 3.71. The zero-order valence-corrected chi connectivity index (χ0v) is 14.8. The second-order valence-corrected chi connectivity index (χ2v) is 6.87. The molecule has 2 heterocycles. The summed E-state index contributed by atoms with van der Waals surface area (Å²) >= 11 is 0. The van der Waals surface area contributed by atoms with Crippen LogP contribution in [-0.2, 0) is 11.2 Å². The van der Waals surface area contributed by atoms with Gasteiger partial charge in [-0.05, 0) is 43.2 Å². The molecule has 1 fully saturated rings. The number of hydrogen-bond donors (Lipinski definition) is 1. The van der Waals surface area contributed by atoms with Crippen molar-refractivity contribution in [1.82, 2.24) is 10.2 Å². The largest absolute Gasteiger partial charge is 0.347 e. The third-order valence-electron chi connectivity index (χ3n) is 4.98. The van der Waals surface area contributed by atoms with Crippen LogP contribution in [0.3, 0.4) is 0 Å². The van der Waals surface area contributed by atoms with Crippen LogP contribution < -0.4 is 10.2 Å². The van der Waals surface area contributed by atoms with Crippen LogP contribution >= 0.6 is 0 Å². The normalized spacial score (nSPS) is 21.4. The molecule has 0 spiro atoms. The molecule has 1 saturated heterocycles. The number of guanidine groups is 1. The summed E-state index contributed by atoms with van der Waals surface area (Å²) in [5.41, 5.74) is 2.34. The molecular weight excluding hydrogens is 300 g/mol. The number of nitrogens with zero attached hydrogens (tertiary/aromatic N) is 3. The van der Waals surface area contributed by atoms with Crippen molar-refractivity contribution < 1.29 is 4.79 Å². The van der Waals surface area contributed by atoms with E-state index in [1.807, 2.05) is 23.1 Å². The number of piperidine rings is 1. The second-order valence-electron chi connectivity index (χ2n) is 6.87. The Morgan fingerprint density at radius 3 is 2.92 bits per heavy atom. The van der Waals surface area contributed by atoms with Crippen LogP contribution in [0.15, 0.2) is 29.3 Å². The van der Waals surface area contributed by atoms with Crippen LogP contribution in [0.4, 0.5) is 5.69 Å². The van der Waals surface area contributed by atoms with Crippen LogP contribution in [0.1, 0.15) is 31.7 Å². The van der Waals surface area contributed by atoms with Crippen molar-refractivity contribution >= 4 is 17.6 Å². The molecule has 24 heavy (non-hydrogen) atoms. The summed E-state index contributed by atoms with van der Waals surface area (Å²) in [6.07, 6.45) is 4.55. The Morgan fingerprint density at radius 1 is 1.29 bits per heavy atom. The van der Waals surface area contributed by atoms with E-state index in [9.17, 15) is 4.79 Å². The molecule has 1 amide bonds. The topological polar surface area (TPSA) is 47.9 Å². The smallest absolute Gasteiger partial charge is 0.246 e. The van der Waals surface area contributed by atoms with Crippen LogP contribution in [0.25, 0.3) is 0 Å². The van der Waals surface area contributed by atoms with Gasteiger partial charge in [0.1, 0.15) is 0 Å². The number of amides is 1. The molecule has 2 aliphatic heterocycles. The molecule has 1 N–H and O–H groups in total. The van der Waals surface area contributed by atoms with E-state index in [0.29, 0.717) is 12.5 Å². The van der Waals surface area contributed by atoms with Gasteiger partial charge in [0.25, 0.3) is 0 Å². The van der Waals surface area contributed by atoms with Gasteiger partial charge in [-0.15, -0.1) is 0 Å². The van der Waals surface area contributed by atoms with Gasteiger partial charge in [0, 0.05) is 32.4 Å². The highest BCUT2D eigenvalue weighted by Crippen LogP contribution is 2.26. The molecule has 130 valence electrons. The second kappa shape index (κ2) is 7.69. The van der Waals surface area contributed by atoms with Crippen molar-refractivity contribution in [1.29, 1.82) is 0 Å². The molecule has 1 aromatic carbocycles. The van der Waals surface area contributed by atoms with Gasteiger partial charge < -0.3 is 15.1 Å². The highest BCUT2D eigenvalue weighted by atomic mass is 16.2. The maximum atomic E-state index is 12.7. The first kappa shape index (κ1) is 16.8. The number of benzene rings is 1. The lowest BCUT2D eigenvalue weighted by molar-refractivity contribution is -0.117. The first-order chi connectivity index (χ1) is 11.7. The number of carbonyl (C=O) groups is 1. The molecule has 5 nitrogen and oxygen atoms in total. The van der Waals surface area contributed by atoms with Crippen LogP contribution in [0, 0.1) is 5.92 Å². The van der Waals surface area contributed by atoms with Gasteiger partial charge in [-0.1, -0.05) is 25.1 Å². The van der Waals surface area contributed by atoms with Crippen LogP contribution in [0.2, 0.25) is 0 Å². The highest BCUT2D eigenvalue weighted by Gasteiger charge is 2.23. The average Bonchev–Trinajstić information content (AvgIpc) is 2.61. The van der Waals surface area contributed by atoms with Gasteiger partial charge >= 0.3 is 0 Å². The number of nitrogens with one attached hydrogen (secondary N) is 1. The lowest BCUT2D eigenvalue weighted by Crippen LogP contribution is -2.49. The first-order valence-corrected chi connectivity index (χ1v) is 9.03. The monoisotopic (exact) mass is 328 g/mol. The fraction of sp³-hybridized carbons (Fsp3) is 0.579. The summed E-state index contributed by atoms with van der Waals surface area (Å²) in [6.45, 7) is 5.41. The number of rotatable bonds is 2. The predicted molar refractivity (Wildman–Crippen MR) is 98.4 cm³/mol. The first-order valence-electron chi connectivity index (χ1n) is 9.03. The van der Waals surface area contributed by atoms with Gasteiger partial charge in [-0.2, -0.15) is 0 Å². The molecular formula is C19H28N4O.